The van der Waals surface area contributed by atoms with Crippen molar-refractivity contribution in [2.24, 2.45) is 5.92 Å². The van der Waals surface area contributed by atoms with Crippen LogP contribution in [0.2, 0.25) is 0 Å². The summed E-state index contributed by atoms with van der Waals surface area (Å²) in [6.45, 7) is 4.61. The summed E-state index contributed by atoms with van der Waals surface area (Å²) >= 11 is 0. The molecule has 1 aromatic carbocycles. The molecule has 0 spiro atoms. The first-order chi connectivity index (χ1) is 9.82. The zero-order valence-electron chi connectivity index (χ0n) is 11.9. The topological polar surface area (TPSA) is 83.7 Å². The predicted octanol–water partition coefficient (Wildman–Crippen LogP) is 3.06. The van der Waals surface area contributed by atoms with Crippen molar-refractivity contribution in [3.05, 3.63) is 33.6 Å². The van der Waals surface area contributed by atoms with Crippen LogP contribution >= 0.6 is 0 Å². The molecule has 1 aromatic rings. The van der Waals surface area contributed by atoms with Crippen LogP contribution in [0.1, 0.15) is 37.0 Å². The first kappa shape index (κ1) is 15.2. The standard InChI is InChI=1S/C14H17FN2O4/c1-8-4-3-5-16(9(8)2)13-6-10(14(18)19)12(17(20)21)7-11(13)15/h6-9H,3-5H2,1-2H3,(H,18,19). The molecule has 0 bridgehead atoms. The van der Waals surface area contributed by atoms with Gasteiger partial charge in [0.2, 0.25) is 0 Å². The van der Waals surface area contributed by atoms with Crippen molar-refractivity contribution in [2.45, 2.75) is 32.7 Å². The maximum absolute atomic E-state index is 14.2. The number of carboxylic acids is 1. The molecule has 1 aliphatic heterocycles. The van der Waals surface area contributed by atoms with Gasteiger partial charge in [0.05, 0.1) is 16.7 Å². The number of anilines is 1. The van der Waals surface area contributed by atoms with Crippen molar-refractivity contribution < 1.29 is 19.2 Å². The third-order valence-electron chi connectivity index (χ3n) is 4.18. The molecule has 0 amide bonds. The summed E-state index contributed by atoms with van der Waals surface area (Å²) < 4.78 is 14.2. The highest BCUT2D eigenvalue weighted by atomic mass is 19.1. The highest BCUT2D eigenvalue weighted by molar-refractivity contribution is 5.93. The predicted molar refractivity (Wildman–Crippen MR) is 75.2 cm³/mol. The Hall–Kier alpha value is -2.18. The summed E-state index contributed by atoms with van der Waals surface area (Å²) in [4.78, 5) is 22.9. The quantitative estimate of drug-likeness (QED) is 0.684. The number of nitro groups is 1. The third kappa shape index (κ3) is 2.81. The van der Waals surface area contributed by atoms with Crippen molar-refractivity contribution in [1.82, 2.24) is 0 Å². The molecule has 1 fully saturated rings. The SMILES string of the molecule is CC1CCCN(c2cc(C(=O)O)c([N+](=O)[O-])cc2F)C1C. The van der Waals surface area contributed by atoms with E-state index in [1.165, 1.54) is 0 Å². The van der Waals surface area contributed by atoms with E-state index >= 15 is 0 Å². The minimum Gasteiger partial charge on any atom is -0.477 e. The molecule has 1 heterocycles. The maximum atomic E-state index is 14.2. The van der Waals surface area contributed by atoms with Crippen LogP contribution in [0, 0.1) is 21.8 Å². The minimum atomic E-state index is -1.43. The Bertz CT molecular complexity index is 591. The lowest BCUT2D eigenvalue weighted by atomic mass is 9.91. The molecule has 2 rings (SSSR count). The van der Waals surface area contributed by atoms with Crippen LogP contribution in [0.25, 0.3) is 0 Å². The summed E-state index contributed by atoms with van der Waals surface area (Å²) in [5.74, 6) is -1.84. The normalized spacial score (nSPS) is 22.1. The van der Waals surface area contributed by atoms with Crippen LogP contribution < -0.4 is 4.90 Å². The molecule has 1 aliphatic rings. The number of benzene rings is 1. The second kappa shape index (κ2) is 5.67. The number of rotatable bonds is 3. The largest absolute Gasteiger partial charge is 0.477 e. The van der Waals surface area contributed by atoms with E-state index in [0.29, 0.717) is 18.5 Å². The average molecular weight is 296 g/mol. The van der Waals surface area contributed by atoms with E-state index in [0.717, 1.165) is 18.9 Å². The summed E-state index contributed by atoms with van der Waals surface area (Å²) in [7, 11) is 0. The van der Waals surface area contributed by atoms with Crippen molar-refractivity contribution in [3.63, 3.8) is 0 Å². The molecule has 1 saturated heterocycles. The van der Waals surface area contributed by atoms with E-state index in [1.54, 1.807) is 4.90 Å². The van der Waals surface area contributed by atoms with E-state index in [4.69, 9.17) is 5.11 Å². The molecule has 0 aromatic heterocycles. The van der Waals surface area contributed by atoms with Crippen LogP contribution in [0.4, 0.5) is 15.8 Å². The van der Waals surface area contributed by atoms with Crippen LogP contribution in [-0.2, 0) is 0 Å². The first-order valence-electron chi connectivity index (χ1n) is 6.80. The number of carboxylic acid groups (broad SMARTS) is 1. The molecule has 2 atom stereocenters. The van der Waals surface area contributed by atoms with Crippen LogP contribution in [-0.4, -0.2) is 28.6 Å². The smallest absolute Gasteiger partial charge is 0.342 e. The zero-order chi connectivity index (χ0) is 15.7. The van der Waals surface area contributed by atoms with Gasteiger partial charge in [0, 0.05) is 12.6 Å². The van der Waals surface area contributed by atoms with Gasteiger partial charge >= 0.3 is 5.97 Å². The van der Waals surface area contributed by atoms with Gasteiger partial charge < -0.3 is 10.0 Å². The average Bonchev–Trinajstić information content (AvgIpc) is 2.41. The van der Waals surface area contributed by atoms with Gasteiger partial charge in [-0.05, 0) is 31.7 Å². The van der Waals surface area contributed by atoms with Gasteiger partial charge in [-0.25, -0.2) is 9.18 Å². The molecular weight excluding hydrogens is 279 g/mol. The molecule has 1 N–H and O–H groups in total. The highest BCUT2D eigenvalue weighted by Crippen LogP contribution is 2.34. The summed E-state index contributed by atoms with van der Waals surface area (Å²) in [6, 6.07) is 1.83. The molecule has 21 heavy (non-hydrogen) atoms. The van der Waals surface area contributed by atoms with Crippen LogP contribution in [0.5, 0.6) is 0 Å². The maximum Gasteiger partial charge on any atom is 0.342 e. The first-order valence-corrected chi connectivity index (χ1v) is 6.80. The van der Waals surface area contributed by atoms with Crippen molar-refractivity contribution in [1.29, 1.82) is 0 Å². The lowest BCUT2D eigenvalue weighted by Gasteiger charge is -2.39. The van der Waals surface area contributed by atoms with E-state index in [-0.39, 0.29) is 11.7 Å². The third-order valence-corrected chi connectivity index (χ3v) is 4.18. The Morgan fingerprint density at radius 2 is 2.14 bits per heavy atom. The second-order valence-electron chi connectivity index (χ2n) is 5.44. The Morgan fingerprint density at radius 1 is 1.48 bits per heavy atom. The van der Waals surface area contributed by atoms with Gasteiger partial charge in [-0.3, -0.25) is 10.1 Å². The minimum absolute atomic E-state index is 0.0522. The molecule has 0 radical (unpaired) electrons. The van der Waals surface area contributed by atoms with Crippen LogP contribution in [0.3, 0.4) is 0 Å². The number of hydrogen-bond donors (Lipinski definition) is 1. The fourth-order valence-electron chi connectivity index (χ4n) is 2.77. The number of nitro benzene ring substituents is 1. The molecular formula is C14H17FN2O4. The van der Waals surface area contributed by atoms with E-state index in [2.05, 4.69) is 6.92 Å². The fraction of sp³-hybridized carbons (Fsp3) is 0.500. The number of nitrogens with zero attached hydrogens (tertiary/aromatic N) is 2. The lowest BCUT2D eigenvalue weighted by molar-refractivity contribution is -0.385. The van der Waals surface area contributed by atoms with Crippen molar-refractivity contribution in [2.75, 3.05) is 11.4 Å². The fourth-order valence-corrected chi connectivity index (χ4v) is 2.77. The Morgan fingerprint density at radius 3 is 2.71 bits per heavy atom. The van der Waals surface area contributed by atoms with Gasteiger partial charge in [0.25, 0.3) is 5.69 Å². The monoisotopic (exact) mass is 296 g/mol. The number of halogens is 1. The number of aromatic carboxylic acids is 1. The Labute approximate surface area is 121 Å². The Kier molecular flexibility index (Phi) is 4.11. The Balaban J connectivity index is 2.52. The van der Waals surface area contributed by atoms with Gasteiger partial charge in [-0.2, -0.15) is 0 Å². The van der Waals surface area contributed by atoms with Gasteiger partial charge in [-0.1, -0.05) is 6.92 Å². The molecule has 114 valence electrons. The van der Waals surface area contributed by atoms with Crippen molar-refractivity contribution in [3.8, 4) is 0 Å². The zero-order valence-corrected chi connectivity index (χ0v) is 11.9. The molecule has 7 heteroatoms. The van der Waals surface area contributed by atoms with Gasteiger partial charge in [-0.15, -0.1) is 0 Å². The van der Waals surface area contributed by atoms with Crippen molar-refractivity contribution >= 4 is 17.3 Å². The van der Waals surface area contributed by atoms with E-state index in [1.807, 2.05) is 6.92 Å². The lowest BCUT2D eigenvalue weighted by Crippen LogP contribution is -2.43. The number of piperidine rings is 1. The van der Waals surface area contributed by atoms with Gasteiger partial charge in [0.15, 0.2) is 5.82 Å². The molecule has 0 saturated carbocycles. The van der Waals surface area contributed by atoms with Gasteiger partial charge in [0.1, 0.15) is 5.56 Å². The molecule has 6 nitrogen and oxygen atoms in total. The number of hydrogen-bond acceptors (Lipinski definition) is 4. The molecule has 2 unspecified atom stereocenters. The van der Waals surface area contributed by atoms with E-state index < -0.39 is 28.0 Å². The summed E-state index contributed by atoms with van der Waals surface area (Å²) in [5.41, 5.74) is -1.08. The highest BCUT2D eigenvalue weighted by Gasteiger charge is 2.30. The van der Waals surface area contributed by atoms with E-state index in [9.17, 15) is 19.3 Å². The number of carbonyl (C=O) groups is 1. The van der Waals surface area contributed by atoms with Crippen LogP contribution in [0.15, 0.2) is 12.1 Å². The summed E-state index contributed by atoms with van der Waals surface area (Å²) in [5, 5.41) is 19.9. The summed E-state index contributed by atoms with van der Waals surface area (Å²) in [6.07, 6.45) is 1.91. The molecule has 0 aliphatic carbocycles. The second-order valence-corrected chi connectivity index (χ2v) is 5.44.